The van der Waals surface area contributed by atoms with Crippen LogP contribution in [0.3, 0.4) is 0 Å². The number of furan rings is 1. The van der Waals surface area contributed by atoms with Gasteiger partial charge in [-0.15, -0.1) is 0 Å². The molecule has 10 rings (SSSR count). The van der Waals surface area contributed by atoms with Gasteiger partial charge in [-0.1, -0.05) is 121 Å². The van der Waals surface area contributed by atoms with Gasteiger partial charge in [-0.05, 0) is 111 Å². The van der Waals surface area contributed by atoms with Crippen LogP contribution >= 0.6 is 0 Å². The Kier molecular flexibility index (Phi) is 6.53. The third kappa shape index (κ3) is 4.73. The molecule has 0 aliphatic carbocycles. The van der Waals surface area contributed by atoms with Crippen molar-refractivity contribution < 1.29 is 4.42 Å². The van der Waals surface area contributed by atoms with E-state index in [1.54, 1.807) is 0 Å². The molecule has 0 aliphatic rings. The van der Waals surface area contributed by atoms with Crippen LogP contribution in [0.25, 0.3) is 83.0 Å². The molecule has 0 unspecified atom stereocenters. The predicted octanol–water partition coefficient (Wildman–Crippen LogP) is 13.1. The van der Waals surface area contributed by atoms with Crippen LogP contribution in [0.5, 0.6) is 0 Å². The van der Waals surface area contributed by atoms with Gasteiger partial charge in [-0.2, -0.15) is 0 Å². The summed E-state index contributed by atoms with van der Waals surface area (Å²) >= 11 is 0. The van der Waals surface area contributed by atoms with Gasteiger partial charge in [-0.25, -0.2) is 0 Å². The number of hydrogen-bond donors (Lipinski definition) is 0. The zero-order chi connectivity index (χ0) is 33.0. The molecule has 0 bridgehead atoms. The first-order chi connectivity index (χ1) is 24.8. The second-order valence-electron chi connectivity index (χ2n) is 13.0. The Balaban J connectivity index is 1.09. The maximum Gasteiger partial charge on any atom is 0.136 e. The molecular formula is C48H31NO. The Labute approximate surface area is 289 Å². The molecule has 8 aromatic carbocycles. The van der Waals surface area contributed by atoms with Gasteiger partial charge in [0.25, 0.3) is 0 Å². The van der Waals surface area contributed by atoms with Gasteiger partial charge in [0, 0.05) is 27.2 Å². The minimum absolute atomic E-state index is 0.889. The molecular weight excluding hydrogens is 607 g/mol. The fraction of sp³-hybridized carbons (Fsp3) is 0. The highest BCUT2D eigenvalue weighted by atomic mass is 16.3. The Morgan fingerprint density at radius 2 is 1.10 bits per heavy atom. The van der Waals surface area contributed by atoms with E-state index in [0.717, 1.165) is 38.8 Å². The smallest absolute Gasteiger partial charge is 0.136 e. The second kappa shape index (κ2) is 11.5. The third-order valence-electron chi connectivity index (χ3n) is 9.97. The Morgan fingerprint density at radius 3 is 1.98 bits per heavy atom. The molecule has 0 spiro atoms. The fourth-order valence-electron chi connectivity index (χ4n) is 7.54. The maximum absolute atomic E-state index is 6.53. The molecule has 0 aliphatic heterocycles. The van der Waals surface area contributed by atoms with E-state index in [0.29, 0.717) is 0 Å². The highest BCUT2D eigenvalue weighted by Gasteiger charge is 2.16. The molecule has 10 aromatic rings. The summed E-state index contributed by atoms with van der Waals surface area (Å²) in [5.41, 5.74) is 12.3. The van der Waals surface area contributed by atoms with Gasteiger partial charge < -0.3 is 8.98 Å². The van der Waals surface area contributed by atoms with E-state index in [1.165, 1.54) is 54.8 Å². The Bertz CT molecular complexity index is 2910. The number of para-hydroxylation sites is 2. The molecule has 2 heteroatoms. The first-order valence-electron chi connectivity index (χ1n) is 17.1. The molecule has 0 saturated carbocycles. The van der Waals surface area contributed by atoms with Gasteiger partial charge in [0.2, 0.25) is 0 Å². The van der Waals surface area contributed by atoms with Gasteiger partial charge in [0.05, 0.1) is 11.0 Å². The minimum Gasteiger partial charge on any atom is -0.456 e. The molecule has 50 heavy (non-hydrogen) atoms. The van der Waals surface area contributed by atoms with Crippen molar-refractivity contribution >= 4 is 66.2 Å². The molecule has 0 saturated heterocycles. The lowest BCUT2D eigenvalue weighted by atomic mass is 9.93. The van der Waals surface area contributed by atoms with Crippen LogP contribution in [0.2, 0.25) is 0 Å². The minimum atomic E-state index is 0.889. The van der Waals surface area contributed by atoms with E-state index in [4.69, 9.17) is 4.42 Å². The van der Waals surface area contributed by atoms with Gasteiger partial charge >= 0.3 is 0 Å². The van der Waals surface area contributed by atoms with Crippen LogP contribution in [-0.2, 0) is 0 Å². The van der Waals surface area contributed by atoms with Crippen LogP contribution in [0.4, 0.5) is 0 Å². The summed E-state index contributed by atoms with van der Waals surface area (Å²) in [7, 11) is 0. The zero-order valence-electron chi connectivity index (χ0n) is 27.3. The average Bonchev–Trinajstić information content (AvgIpc) is 3.72. The molecule has 2 heterocycles. The summed E-state index contributed by atoms with van der Waals surface area (Å²) in [4.78, 5) is 0. The Hall–Kier alpha value is -6.64. The highest BCUT2D eigenvalue weighted by Crippen LogP contribution is 2.38. The van der Waals surface area contributed by atoms with Crippen LogP contribution < -0.4 is 0 Å². The van der Waals surface area contributed by atoms with E-state index in [-0.39, 0.29) is 0 Å². The number of aromatic nitrogens is 1. The summed E-state index contributed by atoms with van der Waals surface area (Å²) in [5, 5.41) is 7.19. The second-order valence-corrected chi connectivity index (χ2v) is 13.0. The van der Waals surface area contributed by atoms with Gasteiger partial charge in [0.1, 0.15) is 11.2 Å². The number of hydrogen-bond acceptors (Lipinski definition) is 1. The van der Waals surface area contributed by atoms with Crippen LogP contribution in [0, 0.1) is 0 Å². The number of fused-ring (bicyclic) bond motifs is 7. The summed E-state index contributed by atoms with van der Waals surface area (Å²) < 4.78 is 8.88. The first-order valence-corrected chi connectivity index (χ1v) is 17.1. The molecule has 0 radical (unpaired) electrons. The first kappa shape index (κ1) is 28.4. The fourth-order valence-corrected chi connectivity index (χ4v) is 7.54. The van der Waals surface area contributed by atoms with E-state index < -0.39 is 0 Å². The average molecular weight is 638 g/mol. The molecule has 234 valence electrons. The Morgan fingerprint density at radius 1 is 0.420 bits per heavy atom. The van der Waals surface area contributed by atoms with Crippen molar-refractivity contribution in [2.45, 2.75) is 0 Å². The molecule has 2 aromatic heterocycles. The van der Waals surface area contributed by atoms with E-state index in [2.05, 4.69) is 193 Å². The zero-order valence-corrected chi connectivity index (χ0v) is 27.3. The monoisotopic (exact) mass is 637 g/mol. The van der Waals surface area contributed by atoms with Crippen molar-refractivity contribution in [3.63, 3.8) is 0 Å². The summed E-state index contributed by atoms with van der Waals surface area (Å²) in [6, 6.07) is 65.1. The van der Waals surface area contributed by atoms with Crippen molar-refractivity contribution in [3.8, 4) is 16.8 Å². The molecule has 2 nitrogen and oxygen atoms in total. The predicted molar refractivity (Wildman–Crippen MR) is 211 cm³/mol. The van der Waals surface area contributed by atoms with Crippen molar-refractivity contribution in [1.82, 2.24) is 4.57 Å². The van der Waals surface area contributed by atoms with Crippen molar-refractivity contribution in [2.24, 2.45) is 0 Å². The van der Waals surface area contributed by atoms with Gasteiger partial charge in [0.15, 0.2) is 0 Å². The molecule has 0 N–H and O–H groups in total. The molecule has 0 fully saturated rings. The van der Waals surface area contributed by atoms with Crippen molar-refractivity contribution in [1.29, 1.82) is 0 Å². The van der Waals surface area contributed by atoms with E-state index in [9.17, 15) is 0 Å². The van der Waals surface area contributed by atoms with E-state index in [1.807, 2.05) is 0 Å². The van der Waals surface area contributed by atoms with Crippen LogP contribution in [0.1, 0.15) is 16.7 Å². The largest absolute Gasteiger partial charge is 0.456 e. The standard InChI is InChI=1S/C48H31NO/c1-3-11-32(12-4-1)27-42(37-20-19-33-13-7-8-14-34(33)28-37)38-23-26-47-44(30-38)41-24-21-36(31-48(41)50-47)35-22-25-46-43(29-35)40-17-9-10-18-45(40)49(46)39-15-5-2-6-16-39/h1-31H/b42-27+. The normalized spacial score (nSPS) is 12.1. The SMILES string of the molecule is C(=C(/c1ccc2ccccc2c1)c1ccc2oc3cc(-c4ccc5c(c4)c4ccccc4n5-c4ccccc4)ccc3c2c1)/c1ccccc1. The molecule has 0 atom stereocenters. The quantitative estimate of drug-likeness (QED) is 0.172. The maximum atomic E-state index is 6.53. The number of benzene rings is 8. The number of rotatable bonds is 5. The summed E-state index contributed by atoms with van der Waals surface area (Å²) in [5.74, 6) is 0. The van der Waals surface area contributed by atoms with Crippen molar-refractivity contribution in [3.05, 3.63) is 199 Å². The highest BCUT2D eigenvalue weighted by molar-refractivity contribution is 6.11. The van der Waals surface area contributed by atoms with Gasteiger partial charge in [-0.3, -0.25) is 0 Å². The third-order valence-corrected chi connectivity index (χ3v) is 9.97. The lowest BCUT2D eigenvalue weighted by Gasteiger charge is -2.11. The van der Waals surface area contributed by atoms with Crippen LogP contribution in [-0.4, -0.2) is 4.57 Å². The topological polar surface area (TPSA) is 18.1 Å². The summed E-state index contributed by atoms with van der Waals surface area (Å²) in [6.07, 6.45) is 2.29. The lowest BCUT2D eigenvalue weighted by Crippen LogP contribution is -1.92. The number of nitrogens with zero attached hydrogens (tertiary/aromatic N) is 1. The van der Waals surface area contributed by atoms with E-state index >= 15 is 0 Å². The summed E-state index contributed by atoms with van der Waals surface area (Å²) in [6.45, 7) is 0. The van der Waals surface area contributed by atoms with Crippen molar-refractivity contribution in [2.75, 3.05) is 0 Å². The van der Waals surface area contributed by atoms with Crippen LogP contribution in [0.15, 0.2) is 186 Å². The lowest BCUT2D eigenvalue weighted by molar-refractivity contribution is 0.669. The molecule has 0 amide bonds.